The number of rotatable bonds is 16. The van der Waals surface area contributed by atoms with Gasteiger partial charge in [0.1, 0.15) is 23.1 Å². The molecule has 33 heteroatoms. The first-order valence-corrected chi connectivity index (χ1v) is 37.4. The first-order valence-electron chi connectivity index (χ1n) is 34.0. The zero-order chi connectivity index (χ0) is 77.7. The Labute approximate surface area is 645 Å². The van der Waals surface area contributed by atoms with Crippen molar-refractivity contribution in [1.82, 2.24) is 68.8 Å². The molecule has 0 fully saturated rings. The van der Waals surface area contributed by atoms with E-state index in [9.17, 15) is 45.2 Å². The van der Waals surface area contributed by atoms with Crippen molar-refractivity contribution in [2.24, 2.45) is 20.0 Å². The molecule has 0 saturated carbocycles. The van der Waals surface area contributed by atoms with E-state index in [0.717, 1.165) is 19.1 Å². The average Bonchev–Trinajstić information content (AvgIpc) is 1.62. The van der Waals surface area contributed by atoms with Crippen LogP contribution >= 0.6 is 46.4 Å². The van der Waals surface area contributed by atoms with Crippen LogP contribution in [0.1, 0.15) is 163 Å². The summed E-state index contributed by atoms with van der Waals surface area (Å²) in [6.07, 6.45) is 5.10. The third kappa shape index (κ3) is 16.8. The van der Waals surface area contributed by atoms with Crippen LogP contribution in [0.15, 0.2) is 184 Å². The fraction of sp³-hybridized carbons (Fsp3) is 0.182. The lowest BCUT2D eigenvalue weighted by atomic mass is 10.00. The Bertz CT molecular complexity index is 5770. The minimum atomic E-state index is -3.31. The van der Waals surface area contributed by atoms with Gasteiger partial charge >= 0.3 is 0 Å². The van der Waals surface area contributed by atoms with E-state index >= 15 is 0 Å². The van der Waals surface area contributed by atoms with Crippen LogP contribution in [0.5, 0.6) is 0 Å². The third-order valence-corrected chi connectivity index (χ3v) is 18.8. The second-order valence-corrected chi connectivity index (χ2v) is 28.5. The first kappa shape index (κ1) is 76.6. The molecule has 0 aliphatic carbocycles. The predicted molar refractivity (Wildman–Crippen MR) is 407 cm³/mol. The molecule has 0 bridgehead atoms. The van der Waals surface area contributed by atoms with Crippen molar-refractivity contribution in [2.75, 3.05) is 12.8 Å². The highest BCUT2D eigenvalue weighted by Crippen LogP contribution is 2.34. The zero-order valence-electron chi connectivity index (χ0n) is 58.6. The molecule has 0 amide bonds. The molecular formula is C77H60Cl4F4N18O6S. The molecule has 4 aliphatic rings. The van der Waals surface area contributed by atoms with Gasteiger partial charge in [-0.25, -0.2) is 69.4 Å². The van der Waals surface area contributed by atoms with E-state index in [0.29, 0.717) is 141 Å². The van der Waals surface area contributed by atoms with Crippen molar-refractivity contribution < 1.29 is 45.2 Å². The van der Waals surface area contributed by atoms with Gasteiger partial charge in [-0.3, -0.25) is 44.1 Å². The Balaban J connectivity index is 0.000000129. The van der Waals surface area contributed by atoms with Gasteiger partial charge in [0.15, 0.2) is 40.7 Å². The van der Waals surface area contributed by atoms with Gasteiger partial charge in [-0.15, -0.1) is 20.4 Å². The smallest absolute Gasteiger partial charge is 0.218 e. The first-order chi connectivity index (χ1) is 52.9. The highest BCUT2D eigenvalue weighted by Gasteiger charge is 2.31. The molecule has 1 N–H and O–H groups in total. The van der Waals surface area contributed by atoms with E-state index in [1.54, 1.807) is 141 Å². The van der Waals surface area contributed by atoms with Crippen LogP contribution in [0.4, 0.5) is 17.6 Å². The summed E-state index contributed by atoms with van der Waals surface area (Å²) < 4.78 is 88.4. The number of halogens is 8. The number of sulfonamides is 1. The molecule has 9 heterocycles. The van der Waals surface area contributed by atoms with Crippen molar-refractivity contribution in [3.8, 4) is 22.7 Å². The quantitative estimate of drug-likeness (QED) is 0.0534. The number of benzene rings is 7. The number of fused-ring (bicyclic) bond motifs is 12. The Kier molecular flexibility index (Phi) is 23.0. The van der Waals surface area contributed by atoms with Gasteiger partial charge in [-0.05, 0) is 134 Å². The van der Waals surface area contributed by atoms with Crippen LogP contribution in [-0.2, 0) is 36.2 Å². The van der Waals surface area contributed by atoms with E-state index in [1.165, 1.54) is 55.1 Å². The summed E-state index contributed by atoms with van der Waals surface area (Å²) in [6.45, 7) is 5.57. The molecule has 7 aromatic carbocycles. The lowest BCUT2D eigenvalue weighted by molar-refractivity contribution is 0.0962. The molecule has 110 heavy (non-hydrogen) atoms. The highest BCUT2D eigenvalue weighted by molar-refractivity contribution is 7.88. The number of ketones is 4. The largest absolute Gasteiger partial charge is 0.291 e. The van der Waals surface area contributed by atoms with Crippen molar-refractivity contribution in [3.63, 3.8) is 0 Å². The summed E-state index contributed by atoms with van der Waals surface area (Å²) in [4.78, 5) is 87.6. The summed E-state index contributed by atoms with van der Waals surface area (Å²) in [7, 11) is -3.31. The number of carbonyl (C=O) groups is 4. The Morgan fingerprint density at radius 2 is 0.736 bits per heavy atom. The van der Waals surface area contributed by atoms with Crippen LogP contribution in [0.3, 0.4) is 0 Å². The molecule has 0 unspecified atom stereocenters. The molecule has 12 aromatic rings. The normalized spacial score (nSPS) is 12.9. The Hall–Kier alpha value is -11.6. The number of pyridine rings is 1. The molecule has 0 radical (unpaired) electrons. The van der Waals surface area contributed by atoms with Crippen LogP contribution < -0.4 is 4.72 Å². The fourth-order valence-corrected chi connectivity index (χ4v) is 13.2. The molecule has 0 atom stereocenters. The number of Topliss-reactive ketones (excluding diaryl/α,β-unsaturated/α-hetero) is 4. The molecular weight excluding hydrogens is 1520 g/mol. The van der Waals surface area contributed by atoms with Crippen molar-refractivity contribution in [2.45, 2.75) is 79.1 Å². The Morgan fingerprint density at radius 3 is 1.07 bits per heavy atom. The minimum Gasteiger partial charge on any atom is -0.291 e. The second kappa shape index (κ2) is 33.1. The van der Waals surface area contributed by atoms with Crippen LogP contribution in [-0.4, -0.2) is 131 Å². The van der Waals surface area contributed by atoms with Gasteiger partial charge < -0.3 is 0 Å². The molecule has 0 spiro atoms. The molecule has 4 aliphatic heterocycles. The lowest BCUT2D eigenvalue weighted by Crippen LogP contribution is -2.23. The van der Waals surface area contributed by atoms with Crippen LogP contribution in [0, 0.1) is 23.3 Å². The standard InChI is InChI=1S/C21H19ClFN5O3S.C21H18ClFN4O.C18H12ClFN4O.C17H11ClFN5O/c1-32(30,31)25-10-4-7-18(29)21-26-19-12-24-20(14-5-2-3-6-16(14)23)15-11-13(22)8-9-17(15)28(19)27-21;1-2-3-8-18(28)21-25-19-12-24-20(14-6-4-5-7-16(14)23)15-11-13(22)9-10-17(15)27(19)26-21;1-10(25)18-22-16-9-21-17(12-4-2-3-5-14(12)20)13-8-11(19)6-7-15(13)24(16)23-18;1-9(25)17-22-14-8-21-15(16-12(19)3-2-6-20-16)11-7-10(18)4-5-13(11)24(14)23-17/h2-3,5-6,8-9,11,25H,4,7,10,12H2,1H3;4-7,9-11H,2-3,8,12H2,1H3;2-8H,9H2,1H3;2-7H,8H2,1H3. The maximum atomic E-state index is 14.5. The van der Waals surface area contributed by atoms with E-state index in [-0.39, 0.29) is 103 Å². The van der Waals surface area contributed by atoms with E-state index in [2.05, 4.69) is 70.0 Å². The highest BCUT2D eigenvalue weighted by atomic mass is 35.5. The summed E-state index contributed by atoms with van der Waals surface area (Å²) >= 11 is 24.7. The average molecular weight is 1580 g/mol. The SMILES string of the molecule is CC(=O)c1nc2n(n1)-c1ccc(Cl)cc1C(c1ccccc1F)=NC2.CC(=O)c1nc2n(n1)-c1ccc(Cl)cc1C(c1ncccc1F)=NC2.CCCCC(=O)c1nc2n(n1)-c1ccc(Cl)cc1C(c1ccccc1F)=NC2.CS(=O)(=O)NCCCC(=O)c1nc2n(n1)-c1ccc(Cl)cc1C(c1ccccc1F)=NC2. The second-order valence-electron chi connectivity index (χ2n) is 25.0. The molecule has 556 valence electrons. The van der Waals surface area contributed by atoms with Gasteiger partial charge in [0.25, 0.3) is 0 Å². The zero-order valence-corrected chi connectivity index (χ0v) is 62.5. The van der Waals surface area contributed by atoms with Crippen LogP contribution in [0.25, 0.3) is 22.7 Å². The van der Waals surface area contributed by atoms with Gasteiger partial charge in [-0.1, -0.05) is 96.1 Å². The number of hydrogen-bond acceptors (Lipinski definition) is 19. The summed E-state index contributed by atoms with van der Waals surface area (Å²) in [5.74, 6) is -0.0897. The molecule has 0 saturated heterocycles. The summed E-state index contributed by atoms with van der Waals surface area (Å²) in [5, 5.41) is 19.3. The maximum Gasteiger partial charge on any atom is 0.218 e. The van der Waals surface area contributed by atoms with E-state index in [1.807, 2.05) is 6.92 Å². The Morgan fingerprint density at radius 1 is 0.418 bits per heavy atom. The van der Waals surface area contributed by atoms with Gasteiger partial charge in [0.05, 0.1) is 78.0 Å². The predicted octanol–water partition coefficient (Wildman–Crippen LogP) is 14.3. The maximum absolute atomic E-state index is 14.5. The van der Waals surface area contributed by atoms with Crippen LogP contribution in [0.2, 0.25) is 20.1 Å². The lowest BCUT2D eigenvalue weighted by Gasteiger charge is -2.11. The number of aromatic nitrogens is 13. The van der Waals surface area contributed by atoms with E-state index in [4.69, 9.17) is 46.4 Å². The fourth-order valence-electron chi connectivity index (χ4n) is 12.0. The van der Waals surface area contributed by atoms with Crippen molar-refractivity contribution in [3.05, 3.63) is 299 Å². The number of aliphatic imine (C=N–C) groups is 4. The molecule has 16 rings (SSSR count). The molecule has 5 aromatic heterocycles. The number of nitrogens with one attached hydrogen (secondary N) is 1. The van der Waals surface area contributed by atoms with Crippen molar-refractivity contribution >= 4 is 102 Å². The van der Waals surface area contributed by atoms with Gasteiger partial charge in [0.2, 0.25) is 44.9 Å². The number of carbonyl (C=O) groups excluding carboxylic acids is 4. The third-order valence-electron chi connectivity index (χ3n) is 17.2. The van der Waals surface area contributed by atoms with Crippen molar-refractivity contribution in [1.29, 1.82) is 0 Å². The summed E-state index contributed by atoms with van der Waals surface area (Å²) in [5.41, 5.74) is 7.92. The van der Waals surface area contributed by atoms with E-state index < -0.39 is 21.7 Å². The minimum absolute atomic E-state index is 0.0183. The summed E-state index contributed by atoms with van der Waals surface area (Å²) in [6, 6.07) is 42.7. The molecule has 24 nitrogen and oxygen atoms in total. The number of unbranched alkanes of at least 4 members (excludes halogenated alkanes) is 1. The van der Waals surface area contributed by atoms with Gasteiger partial charge in [-0.2, -0.15) is 0 Å². The monoisotopic (exact) mass is 1580 g/mol. The number of nitrogens with zero attached hydrogens (tertiary/aromatic N) is 17. The van der Waals surface area contributed by atoms with Gasteiger partial charge in [0, 0.05) is 98.5 Å². The topological polar surface area (TPSA) is 300 Å². The number of hydrogen-bond donors (Lipinski definition) is 1.